The summed E-state index contributed by atoms with van der Waals surface area (Å²) in [5.74, 6) is 7.69. The van der Waals surface area contributed by atoms with Crippen LogP contribution in [0.2, 0.25) is 0 Å². The van der Waals surface area contributed by atoms with Gasteiger partial charge < -0.3 is 0 Å². The summed E-state index contributed by atoms with van der Waals surface area (Å²) in [6.07, 6.45) is 11.4. The minimum atomic E-state index is 0.282. The number of hydrogen-bond donors (Lipinski definition) is 0. The van der Waals surface area contributed by atoms with E-state index in [2.05, 4.69) is 140 Å². The van der Waals surface area contributed by atoms with Crippen molar-refractivity contribution in [3.63, 3.8) is 0 Å². The highest BCUT2D eigenvalue weighted by molar-refractivity contribution is 5.87. The third-order valence-corrected chi connectivity index (χ3v) is 15.6. The fourth-order valence-electron chi connectivity index (χ4n) is 13.5. The van der Waals surface area contributed by atoms with Crippen LogP contribution in [0.25, 0.3) is 21.5 Å². The molecule has 4 aromatic carbocycles. The van der Waals surface area contributed by atoms with Gasteiger partial charge in [-0.15, -0.1) is 0 Å². The Morgan fingerprint density at radius 2 is 0.857 bits per heavy atom. The predicted molar refractivity (Wildman–Crippen MR) is 211 cm³/mol. The van der Waals surface area contributed by atoms with E-state index >= 15 is 0 Å². The molecule has 4 aliphatic rings. The van der Waals surface area contributed by atoms with Gasteiger partial charge in [-0.1, -0.05) is 153 Å². The fourth-order valence-corrected chi connectivity index (χ4v) is 13.5. The monoisotopic (exact) mass is 653 g/mol. The van der Waals surface area contributed by atoms with Crippen LogP contribution in [0.5, 0.6) is 0 Å². The quantitative estimate of drug-likeness (QED) is 0.206. The maximum absolute atomic E-state index is 2.76. The first kappa shape index (κ1) is 33.5. The Hall–Kier alpha value is -2.60. The normalized spacial score (nSPS) is 32.8. The zero-order chi connectivity index (χ0) is 34.3. The Bertz CT molecular complexity index is 1660. The van der Waals surface area contributed by atoms with Crippen LogP contribution in [0.15, 0.2) is 84.9 Å². The van der Waals surface area contributed by atoms with Crippen molar-refractivity contribution in [1.29, 1.82) is 0 Å². The van der Waals surface area contributed by atoms with E-state index in [1.165, 1.54) is 72.9 Å². The van der Waals surface area contributed by atoms with E-state index in [9.17, 15) is 0 Å². The molecule has 8 rings (SSSR count). The second kappa shape index (κ2) is 12.3. The number of benzene rings is 4. The lowest BCUT2D eigenvalue weighted by Crippen LogP contribution is -2.43. The molecule has 0 amide bonds. The summed E-state index contributed by atoms with van der Waals surface area (Å²) in [5.41, 5.74) is 4.24. The molecule has 4 saturated carbocycles. The maximum atomic E-state index is 2.76. The molecule has 0 radical (unpaired) electrons. The van der Waals surface area contributed by atoms with Crippen molar-refractivity contribution in [2.75, 3.05) is 0 Å². The van der Waals surface area contributed by atoms with Crippen LogP contribution < -0.4 is 0 Å². The van der Waals surface area contributed by atoms with Crippen LogP contribution >= 0.6 is 0 Å². The molecule has 0 nitrogen and oxygen atoms in total. The van der Waals surface area contributed by atoms with Crippen molar-refractivity contribution in [2.45, 2.75) is 119 Å². The number of fused-ring (bicyclic) bond motifs is 5. The molecule has 0 N–H and O–H groups in total. The first-order valence-corrected chi connectivity index (χ1v) is 20.3. The van der Waals surface area contributed by atoms with Gasteiger partial charge in [-0.25, -0.2) is 0 Å². The molecule has 4 aliphatic carbocycles. The topological polar surface area (TPSA) is 0 Å². The van der Waals surface area contributed by atoms with Gasteiger partial charge in [0.1, 0.15) is 0 Å². The summed E-state index contributed by atoms with van der Waals surface area (Å²) in [6.45, 7) is 20.9. The molecule has 0 saturated heterocycles. The first-order valence-electron chi connectivity index (χ1n) is 20.3. The zero-order valence-corrected chi connectivity index (χ0v) is 32.0. The van der Waals surface area contributed by atoms with Crippen LogP contribution in [0.3, 0.4) is 0 Å². The predicted octanol–water partition coefficient (Wildman–Crippen LogP) is 14.1. The molecular formula is C49H64. The molecular weight excluding hydrogens is 589 g/mol. The second-order valence-corrected chi connectivity index (χ2v) is 20.2. The van der Waals surface area contributed by atoms with Crippen molar-refractivity contribution in [3.8, 4) is 0 Å². The molecule has 49 heavy (non-hydrogen) atoms. The molecule has 0 spiro atoms. The first-order chi connectivity index (χ1) is 23.3. The van der Waals surface area contributed by atoms with Gasteiger partial charge in [-0.3, -0.25) is 0 Å². The standard InChI is InChI=1S/C49H64/c1-47(2,3)44-29-38-39-30-45(48(4,5)6)41(37-26-16-20-32-18-10-14-24-35(32)37)28-43(39)46(49(7,8)33-21-11-12-22-33)42(38)27-40(44)36-25-15-19-31-17-9-13-23-34(31)36/h9-10,13-20,23-26,33,38-46H,11-12,21-22,27-30H2,1-8H3. The average molecular weight is 653 g/mol. The number of hydrogen-bond acceptors (Lipinski definition) is 0. The molecule has 8 unspecified atom stereocenters. The number of rotatable bonds is 4. The molecule has 8 atom stereocenters. The van der Waals surface area contributed by atoms with Gasteiger partial charge in [0, 0.05) is 0 Å². The van der Waals surface area contributed by atoms with Crippen molar-refractivity contribution in [3.05, 3.63) is 96.1 Å². The lowest BCUT2D eigenvalue weighted by molar-refractivity contribution is 0.00410. The summed E-state index contributed by atoms with van der Waals surface area (Å²) in [7, 11) is 0. The van der Waals surface area contributed by atoms with Gasteiger partial charge in [0.2, 0.25) is 0 Å². The SMILES string of the molecule is CC(C)(C)C1CC2C3CC(C(C)(C)C)C(c4cccc5ccccc45)CC3C(C(C)(C)C3CCCC3)C2CC1c1cccc2ccccc12. The van der Waals surface area contributed by atoms with Crippen LogP contribution in [-0.4, -0.2) is 0 Å². The van der Waals surface area contributed by atoms with Gasteiger partial charge >= 0.3 is 0 Å². The highest BCUT2D eigenvalue weighted by Crippen LogP contribution is 2.70. The molecule has 0 heteroatoms. The molecule has 0 bridgehead atoms. The largest absolute Gasteiger partial charge is 0.0616 e. The Balaban J connectivity index is 1.27. The van der Waals surface area contributed by atoms with E-state index < -0.39 is 0 Å². The van der Waals surface area contributed by atoms with Crippen LogP contribution in [0.4, 0.5) is 0 Å². The Morgan fingerprint density at radius 3 is 1.29 bits per heavy atom. The van der Waals surface area contributed by atoms with E-state index in [1.807, 2.05) is 0 Å². The molecule has 0 heterocycles. The Labute approximate surface area is 298 Å². The van der Waals surface area contributed by atoms with E-state index in [0.717, 1.165) is 35.5 Å². The second-order valence-electron chi connectivity index (χ2n) is 20.2. The lowest BCUT2D eigenvalue weighted by atomic mass is 9.54. The summed E-state index contributed by atoms with van der Waals surface area (Å²) >= 11 is 0. The van der Waals surface area contributed by atoms with Gasteiger partial charge in [0.05, 0.1) is 0 Å². The summed E-state index contributed by atoms with van der Waals surface area (Å²) in [5, 5.41) is 5.86. The highest BCUT2D eigenvalue weighted by Gasteiger charge is 2.62. The Morgan fingerprint density at radius 1 is 0.449 bits per heavy atom. The smallest absolute Gasteiger partial charge is 0.0120 e. The average Bonchev–Trinajstić information content (AvgIpc) is 3.73. The highest BCUT2D eigenvalue weighted by atomic mass is 14.7. The fraction of sp³-hybridized carbons (Fsp3) is 0.592. The minimum Gasteiger partial charge on any atom is -0.0616 e. The summed E-state index contributed by atoms with van der Waals surface area (Å²) in [6, 6.07) is 33.0. The summed E-state index contributed by atoms with van der Waals surface area (Å²) in [4.78, 5) is 0. The van der Waals surface area contributed by atoms with Gasteiger partial charge in [0.15, 0.2) is 0 Å². The molecule has 4 aromatic rings. The van der Waals surface area contributed by atoms with E-state index in [-0.39, 0.29) is 10.8 Å². The summed E-state index contributed by atoms with van der Waals surface area (Å²) < 4.78 is 0. The molecule has 260 valence electrons. The van der Waals surface area contributed by atoms with Crippen molar-refractivity contribution >= 4 is 21.5 Å². The maximum Gasteiger partial charge on any atom is -0.0120 e. The third-order valence-electron chi connectivity index (χ3n) is 15.6. The van der Waals surface area contributed by atoms with Crippen molar-refractivity contribution in [1.82, 2.24) is 0 Å². The van der Waals surface area contributed by atoms with Gasteiger partial charge in [0.25, 0.3) is 0 Å². The van der Waals surface area contributed by atoms with Gasteiger partial charge in [-0.2, -0.15) is 0 Å². The third kappa shape index (κ3) is 5.71. The van der Waals surface area contributed by atoms with Crippen LogP contribution in [0.1, 0.15) is 130 Å². The Kier molecular flexibility index (Phi) is 8.40. The van der Waals surface area contributed by atoms with E-state index in [1.54, 1.807) is 11.1 Å². The van der Waals surface area contributed by atoms with E-state index in [0.29, 0.717) is 29.1 Å². The van der Waals surface area contributed by atoms with Crippen molar-refractivity contribution in [2.24, 2.45) is 63.6 Å². The molecule has 0 aliphatic heterocycles. The van der Waals surface area contributed by atoms with Crippen LogP contribution in [0, 0.1) is 63.6 Å². The van der Waals surface area contributed by atoms with E-state index in [4.69, 9.17) is 0 Å². The lowest BCUT2D eigenvalue weighted by Gasteiger charge is -2.50. The zero-order valence-electron chi connectivity index (χ0n) is 32.0. The van der Waals surface area contributed by atoms with Gasteiger partial charge in [-0.05, 0) is 147 Å². The van der Waals surface area contributed by atoms with Crippen molar-refractivity contribution < 1.29 is 0 Å². The molecule has 0 aromatic heterocycles. The molecule has 4 fully saturated rings. The van der Waals surface area contributed by atoms with Crippen LogP contribution in [-0.2, 0) is 0 Å². The minimum absolute atomic E-state index is 0.282.